The number of benzene rings is 1. The molecule has 1 fully saturated rings. The van der Waals surface area contributed by atoms with Gasteiger partial charge in [-0.05, 0) is 31.0 Å². The van der Waals surface area contributed by atoms with Crippen LogP contribution in [0.15, 0.2) is 28.7 Å². The number of halogens is 1. The van der Waals surface area contributed by atoms with Crippen molar-refractivity contribution in [2.24, 2.45) is 11.1 Å². The molecule has 2 rings (SSSR count). The number of nitrogens with two attached hydrogens (primary N) is 1. The Hall–Kier alpha value is -0.540. The van der Waals surface area contributed by atoms with Crippen molar-refractivity contribution in [2.75, 3.05) is 13.2 Å². The highest BCUT2D eigenvalue weighted by molar-refractivity contribution is 9.10. The number of hydrogen-bond acceptors (Lipinski definition) is 2. The van der Waals surface area contributed by atoms with E-state index in [1.807, 2.05) is 24.3 Å². The third-order valence-electron chi connectivity index (χ3n) is 3.19. The summed E-state index contributed by atoms with van der Waals surface area (Å²) in [5.41, 5.74) is 6.03. The van der Waals surface area contributed by atoms with E-state index in [1.54, 1.807) is 0 Å². The zero-order chi connectivity index (χ0) is 10.7. The van der Waals surface area contributed by atoms with Crippen LogP contribution in [0.3, 0.4) is 0 Å². The van der Waals surface area contributed by atoms with Crippen LogP contribution in [0.5, 0.6) is 5.75 Å². The van der Waals surface area contributed by atoms with Gasteiger partial charge in [-0.1, -0.05) is 28.4 Å². The van der Waals surface area contributed by atoms with Crippen molar-refractivity contribution in [1.29, 1.82) is 0 Å². The van der Waals surface area contributed by atoms with Gasteiger partial charge < -0.3 is 10.5 Å². The maximum atomic E-state index is 5.78. The van der Waals surface area contributed by atoms with Gasteiger partial charge in [-0.25, -0.2) is 0 Å². The van der Waals surface area contributed by atoms with Gasteiger partial charge in [0, 0.05) is 16.4 Å². The highest BCUT2D eigenvalue weighted by Gasteiger charge is 2.36. The minimum atomic E-state index is 0.252. The predicted octanol–water partition coefficient (Wildman–Crippen LogP) is 2.96. The number of rotatable bonds is 4. The summed E-state index contributed by atoms with van der Waals surface area (Å²) in [7, 11) is 0. The topological polar surface area (TPSA) is 35.2 Å². The van der Waals surface area contributed by atoms with Gasteiger partial charge in [-0.2, -0.15) is 0 Å². The van der Waals surface area contributed by atoms with E-state index in [4.69, 9.17) is 10.5 Å². The Bertz CT molecular complexity index is 331. The first-order chi connectivity index (χ1) is 7.24. The normalized spacial score (nSPS) is 18.3. The zero-order valence-electron chi connectivity index (χ0n) is 8.71. The highest BCUT2D eigenvalue weighted by Crippen LogP contribution is 2.40. The molecule has 0 atom stereocenters. The van der Waals surface area contributed by atoms with Gasteiger partial charge >= 0.3 is 0 Å². The quantitative estimate of drug-likeness (QED) is 0.912. The Labute approximate surface area is 98.9 Å². The Morgan fingerprint density at radius 3 is 2.73 bits per heavy atom. The molecular formula is C12H16BrNO. The summed E-state index contributed by atoms with van der Waals surface area (Å²) in [6, 6.07) is 7.95. The lowest BCUT2D eigenvalue weighted by Gasteiger charge is -2.40. The zero-order valence-corrected chi connectivity index (χ0v) is 10.3. The molecule has 2 N–H and O–H groups in total. The van der Waals surface area contributed by atoms with E-state index in [2.05, 4.69) is 15.9 Å². The molecule has 15 heavy (non-hydrogen) atoms. The molecular weight excluding hydrogens is 254 g/mol. The average Bonchev–Trinajstić information content (AvgIpc) is 2.17. The van der Waals surface area contributed by atoms with E-state index in [-0.39, 0.29) is 5.41 Å². The van der Waals surface area contributed by atoms with Crippen LogP contribution in [0, 0.1) is 5.41 Å². The van der Waals surface area contributed by atoms with Crippen LogP contribution in [-0.4, -0.2) is 13.2 Å². The smallest absolute Gasteiger partial charge is 0.120 e. The second kappa shape index (κ2) is 4.54. The summed E-state index contributed by atoms with van der Waals surface area (Å²) in [6.07, 6.45) is 3.70. The summed E-state index contributed by atoms with van der Waals surface area (Å²) >= 11 is 3.43. The molecule has 1 aliphatic rings. The van der Waals surface area contributed by atoms with Crippen molar-refractivity contribution in [1.82, 2.24) is 0 Å². The average molecular weight is 270 g/mol. The fourth-order valence-electron chi connectivity index (χ4n) is 1.88. The van der Waals surface area contributed by atoms with Gasteiger partial charge in [0.05, 0.1) is 6.61 Å². The summed E-state index contributed by atoms with van der Waals surface area (Å²) < 4.78 is 6.83. The largest absolute Gasteiger partial charge is 0.493 e. The molecule has 0 heterocycles. The second-order valence-electron chi connectivity index (χ2n) is 4.30. The molecule has 0 aliphatic heterocycles. The van der Waals surface area contributed by atoms with Crippen LogP contribution in [0.25, 0.3) is 0 Å². The first kappa shape index (κ1) is 11.0. The number of hydrogen-bond donors (Lipinski definition) is 1. The third-order valence-corrected chi connectivity index (χ3v) is 3.68. The fourth-order valence-corrected chi connectivity index (χ4v) is 2.26. The summed E-state index contributed by atoms with van der Waals surface area (Å²) in [5, 5.41) is 0. The van der Waals surface area contributed by atoms with Crippen LogP contribution < -0.4 is 10.5 Å². The molecule has 1 aromatic carbocycles. The van der Waals surface area contributed by atoms with Crippen LogP contribution in [0.1, 0.15) is 19.3 Å². The minimum absolute atomic E-state index is 0.252. The molecule has 0 aromatic heterocycles. The molecule has 0 unspecified atom stereocenters. The molecule has 1 aromatic rings. The summed E-state index contributed by atoms with van der Waals surface area (Å²) in [4.78, 5) is 0. The van der Waals surface area contributed by atoms with Crippen molar-refractivity contribution in [3.63, 3.8) is 0 Å². The maximum absolute atomic E-state index is 5.78. The lowest BCUT2D eigenvalue weighted by Crippen LogP contribution is -2.42. The monoisotopic (exact) mass is 269 g/mol. The molecule has 3 heteroatoms. The lowest BCUT2D eigenvalue weighted by atomic mass is 9.69. The van der Waals surface area contributed by atoms with E-state index >= 15 is 0 Å². The summed E-state index contributed by atoms with van der Waals surface area (Å²) in [6.45, 7) is 1.49. The highest BCUT2D eigenvalue weighted by atomic mass is 79.9. The molecule has 2 nitrogen and oxygen atoms in total. The van der Waals surface area contributed by atoms with Crippen LogP contribution >= 0.6 is 15.9 Å². The lowest BCUT2D eigenvalue weighted by molar-refractivity contribution is 0.0667. The molecule has 0 radical (unpaired) electrons. The molecule has 0 bridgehead atoms. The van der Waals surface area contributed by atoms with Crippen molar-refractivity contribution in [2.45, 2.75) is 19.3 Å². The van der Waals surface area contributed by atoms with Gasteiger partial charge in [0.1, 0.15) is 5.75 Å². The van der Waals surface area contributed by atoms with E-state index in [9.17, 15) is 0 Å². The molecule has 0 saturated heterocycles. The van der Waals surface area contributed by atoms with Crippen molar-refractivity contribution < 1.29 is 4.74 Å². The van der Waals surface area contributed by atoms with Crippen molar-refractivity contribution >= 4 is 15.9 Å². The molecule has 82 valence electrons. The molecule has 1 aliphatic carbocycles. The maximum Gasteiger partial charge on any atom is 0.120 e. The third kappa shape index (κ3) is 2.52. The van der Waals surface area contributed by atoms with Crippen LogP contribution in [0.4, 0.5) is 0 Å². The Balaban J connectivity index is 1.92. The summed E-state index contributed by atoms with van der Waals surface area (Å²) in [5.74, 6) is 0.920. The van der Waals surface area contributed by atoms with E-state index in [1.165, 1.54) is 19.3 Å². The van der Waals surface area contributed by atoms with Gasteiger partial charge in [-0.3, -0.25) is 0 Å². The first-order valence-corrected chi connectivity index (χ1v) is 6.12. The second-order valence-corrected chi connectivity index (χ2v) is 5.22. The van der Waals surface area contributed by atoms with Gasteiger partial charge in [0.15, 0.2) is 0 Å². The van der Waals surface area contributed by atoms with E-state index in [0.29, 0.717) is 0 Å². The van der Waals surface area contributed by atoms with Crippen LogP contribution in [-0.2, 0) is 0 Å². The van der Waals surface area contributed by atoms with Gasteiger partial charge in [0.2, 0.25) is 0 Å². The minimum Gasteiger partial charge on any atom is -0.493 e. The fraction of sp³-hybridized carbons (Fsp3) is 0.500. The molecule has 0 spiro atoms. The van der Waals surface area contributed by atoms with Crippen molar-refractivity contribution in [3.8, 4) is 5.75 Å². The SMILES string of the molecule is NCC1(COc2cccc(Br)c2)CCC1. The molecule has 0 amide bonds. The Morgan fingerprint density at radius 1 is 1.40 bits per heavy atom. The van der Waals surface area contributed by atoms with Gasteiger partial charge in [0.25, 0.3) is 0 Å². The molecule has 1 saturated carbocycles. The van der Waals surface area contributed by atoms with Gasteiger partial charge in [-0.15, -0.1) is 0 Å². The predicted molar refractivity (Wildman–Crippen MR) is 65.0 cm³/mol. The first-order valence-electron chi connectivity index (χ1n) is 5.33. The Kier molecular flexibility index (Phi) is 3.32. The van der Waals surface area contributed by atoms with Crippen LogP contribution in [0.2, 0.25) is 0 Å². The number of ether oxygens (including phenoxy) is 1. The Morgan fingerprint density at radius 2 is 2.20 bits per heavy atom. The van der Waals surface area contributed by atoms with E-state index < -0.39 is 0 Å². The van der Waals surface area contributed by atoms with Crippen molar-refractivity contribution in [3.05, 3.63) is 28.7 Å². The standard InChI is InChI=1S/C12H16BrNO/c13-10-3-1-4-11(7-10)15-9-12(8-14)5-2-6-12/h1,3-4,7H,2,5-6,8-9,14H2. The van der Waals surface area contributed by atoms with E-state index in [0.717, 1.165) is 23.4 Å².